The average molecular weight is 43.8 g/mol. The summed E-state index contributed by atoms with van der Waals surface area (Å²) in [7, 11) is 0. The molecule has 0 saturated carbocycles. The first-order valence-electron chi connectivity index (χ1n) is 0. The van der Waals surface area contributed by atoms with E-state index in [1.807, 2.05) is 0 Å². The summed E-state index contributed by atoms with van der Waals surface area (Å²) in [6, 6.07) is 0. The Morgan fingerprint density at radius 3 is 0.400 bits per heavy atom. The van der Waals surface area contributed by atoms with E-state index in [1.54, 1.807) is 0 Å². The van der Waals surface area contributed by atoms with Gasteiger partial charge in [-0.05, 0) is 0 Å². The molecule has 0 amide bonds. The van der Waals surface area contributed by atoms with Gasteiger partial charge in [-0.2, -0.15) is 0 Å². The van der Waals surface area contributed by atoms with Crippen molar-refractivity contribution in [2.24, 2.45) is 0 Å². The standard InChI is InChI=1S/CH4.4Li/h1H4;;;;. The van der Waals surface area contributed by atoms with Crippen molar-refractivity contribution >= 4 is 75.4 Å². The minimum atomic E-state index is 0. The van der Waals surface area contributed by atoms with Crippen LogP contribution >= 0.6 is 0 Å². The summed E-state index contributed by atoms with van der Waals surface area (Å²) in [5.74, 6) is 0. The smallest absolute Gasteiger partial charge is 0 e. The molecule has 5 heavy (non-hydrogen) atoms. The molecule has 12 valence electrons. The average Bonchev–Trinajstić information content (AvgIpc) is 0. The van der Waals surface area contributed by atoms with Crippen LogP contribution in [0.15, 0.2) is 0 Å². The molecule has 0 unspecified atom stereocenters. The largest absolute Gasteiger partial charge is 0.0776 e. The predicted molar refractivity (Wildman–Crippen MR) is 29.7 cm³/mol. The molecule has 0 aromatic rings. The fourth-order valence-electron chi connectivity index (χ4n) is 0. The van der Waals surface area contributed by atoms with Gasteiger partial charge < -0.3 is 0 Å². The molecule has 4 heteroatoms. The van der Waals surface area contributed by atoms with E-state index >= 15 is 0 Å². The molecular formula is CH4Li4. The molecule has 0 aliphatic heterocycles. The number of hydrogen-bond donors (Lipinski definition) is 0. The molecule has 0 heterocycles. The van der Waals surface area contributed by atoms with Gasteiger partial charge in [0.25, 0.3) is 0 Å². The Morgan fingerprint density at radius 1 is 0.400 bits per heavy atom. The molecule has 0 saturated heterocycles. The van der Waals surface area contributed by atoms with Gasteiger partial charge in [0.05, 0.1) is 0 Å². The molecule has 4 radical (unpaired) electrons. The Balaban J connectivity index is 0. The monoisotopic (exact) mass is 44.1 g/mol. The molecule has 0 nitrogen and oxygen atoms in total. The van der Waals surface area contributed by atoms with Crippen molar-refractivity contribution in [3.8, 4) is 0 Å². The van der Waals surface area contributed by atoms with Crippen molar-refractivity contribution in [1.82, 2.24) is 0 Å². The van der Waals surface area contributed by atoms with Crippen LogP contribution in [0.3, 0.4) is 0 Å². The van der Waals surface area contributed by atoms with Gasteiger partial charge in [-0.3, -0.25) is 0 Å². The maximum Gasteiger partial charge on any atom is 0 e. The van der Waals surface area contributed by atoms with Crippen LogP contribution in [-0.4, -0.2) is 75.4 Å². The number of hydrogen-bond acceptors (Lipinski definition) is 0. The first-order chi connectivity index (χ1) is 0. The fourth-order valence-corrected chi connectivity index (χ4v) is 0. The van der Waals surface area contributed by atoms with E-state index in [0.717, 1.165) is 0 Å². The maximum absolute atomic E-state index is 0. The van der Waals surface area contributed by atoms with E-state index < -0.39 is 0 Å². The van der Waals surface area contributed by atoms with Crippen molar-refractivity contribution in [3.63, 3.8) is 0 Å². The third-order valence-corrected chi connectivity index (χ3v) is 0. The molecular weight excluding hydrogens is 39.8 g/mol. The molecule has 0 aliphatic carbocycles. The summed E-state index contributed by atoms with van der Waals surface area (Å²) in [4.78, 5) is 0. The van der Waals surface area contributed by atoms with Gasteiger partial charge in [0, 0.05) is 75.4 Å². The summed E-state index contributed by atoms with van der Waals surface area (Å²) >= 11 is 0. The third-order valence-electron chi connectivity index (χ3n) is 0. The van der Waals surface area contributed by atoms with Gasteiger partial charge in [-0.15, -0.1) is 0 Å². The quantitative estimate of drug-likeness (QED) is 0.309. The van der Waals surface area contributed by atoms with Gasteiger partial charge in [0.1, 0.15) is 0 Å². The van der Waals surface area contributed by atoms with Gasteiger partial charge in [0.15, 0.2) is 0 Å². The fraction of sp³-hybridized carbons (Fsp3) is 1.00. The zero-order valence-electron chi connectivity index (χ0n) is 4.00. The zero-order valence-corrected chi connectivity index (χ0v) is 4.00. The SMILES string of the molecule is C.[Li].[Li].[Li].[Li]. The van der Waals surface area contributed by atoms with Crippen molar-refractivity contribution in [1.29, 1.82) is 0 Å². The van der Waals surface area contributed by atoms with Gasteiger partial charge >= 0.3 is 0 Å². The second kappa shape index (κ2) is 32.5. The van der Waals surface area contributed by atoms with E-state index in [1.165, 1.54) is 0 Å². The summed E-state index contributed by atoms with van der Waals surface area (Å²) in [6.07, 6.45) is 0. The van der Waals surface area contributed by atoms with Gasteiger partial charge in [0.2, 0.25) is 0 Å². The Bertz CT molecular complexity index is 3.61. The molecule has 0 atom stereocenters. The maximum atomic E-state index is 0. The minimum Gasteiger partial charge on any atom is -0.0776 e. The molecule has 0 spiro atoms. The Hall–Kier alpha value is 2.39. The van der Waals surface area contributed by atoms with E-state index in [-0.39, 0.29) is 82.9 Å². The van der Waals surface area contributed by atoms with Crippen molar-refractivity contribution in [3.05, 3.63) is 0 Å². The van der Waals surface area contributed by atoms with Gasteiger partial charge in [-0.1, -0.05) is 7.43 Å². The van der Waals surface area contributed by atoms with E-state index in [4.69, 9.17) is 0 Å². The van der Waals surface area contributed by atoms with Crippen LogP contribution < -0.4 is 0 Å². The molecule has 0 bridgehead atoms. The Kier molecular flexibility index (Phi) is 343. The predicted octanol–water partition coefficient (Wildman–Crippen LogP) is -0.887. The van der Waals surface area contributed by atoms with E-state index in [0.29, 0.717) is 0 Å². The molecule has 0 aliphatic rings. The van der Waals surface area contributed by atoms with Crippen LogP contribution in [0, 0.1) is 0 Å². The van der Waals surface area contributed by atoms with Gasteiger partial charge in [-0.25, -0.2) is 0 Å². The van der Waals surface area contributed by atoms with E-state index in [2.05, 4.69) is 0 Å². The van der Waals surface area contributed by atoms with Crippen LogP contribution in [0.4, 0.5) is 0 Å². The second-order valence-electron chi connectivity index (χ2n) is 0. The third kappa shape index (κ3) is 21.6. The molecule has 0 N–H and O–H groups in total. The normalized spacial score (nSPS) is 0. The Morgan fingerprint density at radius 2 is 0.400 bits per heavy atom. The summed E-state index contributed by atoms with van der Waals surface area (Å²) in [6.45, 7) is 0. The topological polar surface area (TPSA) is 0 Å². The minimum absolute atomic E-state index is 0. The molecule has 0 fully saturated rings. The van der Waals surface area contributed by atoms with E-state index in [9.17, 15) is 0 Å². The zero-order chi connectivity index (χ0) is 0. The summed E-state index contributed by atoms with van der Waals surface area (Å²) in [5.41, 5.74) is 0. The molecule has 0 rings (SSSR count). The van der Waals surface area contributed by atoms with Crippen LogP contribution in [0.1, 0.15) is 7.43 Å². The molecule has 0 aromatic carbocycles. The second-order valence-corrected chi connectivity index (χ2v) is 0. The molecule has 0 aromatic heterocycles. The number of rotatable bonds is 0. The summed E-state index contributed by atoms with van der Waals surface area (Å²) in [5, 5.41) is 0. The first-order valence-corrected chi connectivity index (χ1v) is 0. The van der Waals surface area contributed by atoms with Crippen LogP contribution in [-0.2, 0) is 0 Å². The van der Waals surface area contributed by atoms with Crippen molar-refractivity contribution < 1.29 is 0 Å². The van der Waals surface area contributed by atoms with Crippen LogP contribution in [0.5, 0.6) is 0 Å². The summed E-state index contributed by atoms with van der Waals surface area (Å²) < 4.78 is 0. The van der Waals surface area contributed by atoms with Crippen LogP contribution in [0.25, 0.3) is 0 Å². The van der Waals surface area contributed by atoms with Crippen LogP contribution in [0.2, 0.25) is 0 Å². The first kappa shape index (κ1) is 52.8. The van der Waals surface area contributed by atoms with Crippen molar-refractivity contribution in [2.75, 3.05) is 0 Å². The Labute approximate surface area is 81.9 Å². The van der Waals surface area contributed by atoms with Crippen molar-refractivity contribution in [2.45, 2.75) is 7.43 Å².